The van der Waals surface area contributed by atoms with Gasteiger partial charge in [0.2, 0.25) is 0 Å². The summed E-state index contributed by atoms with van der Waals surface area (Å²) in [5, 5.41) is 1.05. The fourth-order valence-electron chi connectivity index (χ4n) is 2.16. The Balaban J connectivity index is 1.66. The third kappa shape index (κ3) is 2.56. The molecule has 0 aliphatic heterocycles. The second-order valence-electron chi connectivity index (χ2n) is 4.67. The van der Waals surface area contributed by atoms with E-state index in [0.717, 1.165) is 15.4 Å². The number of hydrogen-bond donors (Lipinski definition) is 0. The number of thiazole rings is 1. The van der Waals surface area contributed by atoms with Gasteiger partial charge in [0, 0.05) is 35.9 Å². The van der Waals surface area contributed by atoms with E-state index >= 15 is 0 Å². The SMILES string of the molecule is c1cc(-c2ccc(-c3ncc(-c4ccncc4)s3)s2)ccn1. The second-order valence-corrected chi connectivity index (χ2v) is 6.78. The van der Waals surface area contributed by atoms with Crippen molar-refractivity contribution in [2.24, 2.45) is 0 Å². The average molecular weight is 321 g/mol. The number of rotatable bonds is 3. The zero-order valence-corrected chi connectivity index (χ0v) is 13.1. The average Bonchev–Trinajstić information content (AvgIpc) is 3.26. The number of hydrogen-bond acceptors (Lipinski definition) is 5. The monoisotopic (exact) mass is 321 g/mol. The summed E-state index contributed by atoms with van der Waals surface area (Å²) in [6.07, 6.45) is 9.18. The molecule has 0 N–H and O–H groups in total. The molecule has 5 heteroatoms. The third-order valence-corrected chi connectivity index (χ3v) is 5.60. The minimum Gasteiger partial charge on any atom is -0.265 e. The first kappa shape index (κ1) is 13.3. The lowest BCUT2D eigenvalue weighted by Gasteiger charge is -1.94. The van der Waals surface area contributed by atoms with Crippen LogP contribution in [0.1, 0.15) is 0 Å². The lowest BCUT2D eigenvalue weighted by atomic mass is 10.2. The molecule has 0 unspecified atom stereocenters. The number of nitrogens with zero attached hydrogens (tertiary/aromatic N) is 3. The van der Waals surface area contributed by atoms with Crippen LogP contribution in [0.4, 0.5) is 0 Å². The first-order chi connectivity index (χ1) is 10.9. The molecule has 0 fully saturated rings. The van der Waals surface area contributed by atoms with E-state index in [1.807, 2.05) is 42.9 Å². The molecule has 0 radical (unpaired) electrons. The Bertz CT molecular complexity index is 807. The predicted octanol–water partition coefficient (Wildman–Crippen LogP) is 5.00. The highest BCUT2D eigenvalue weighted by molar-refractivity contribution is 7.24. The molecule has 0 aromatic carbocycles. The van der Waals surface area contributed by atoms with E-state index in [1.54, 1.807) is 35.1 Å². The maximum Gasteiger partial charge on any atom is 0.133 e. The molecular weight excluding hydrogens is 310 g/mol. The first-order valence-electron chi connectivity index (χ1n) is 6.77. The highest BCUT2D eigenvalue weighted by Crippen LogP contribution is 2.38. The van der Waals surface area contributed by atoms with Crippen LogP contribution in [0.3, 0.4) is 0 Å². The summed E-state index contributed by atoms with van der Waals surface area (Å²) >= 11 is 3.46. The van der Waals surface area contributed by atoms with Crippen LogP contribution in [-0.2, 0) is 0 Å². The Labute approximate surface area is 136 Å². The maximum absolute atomic E-state index is 4.57. The Morgan fingerprint density at radius 2 is 1.18 bits per heavy atom. The molecule has 4 aromatic rings. The highest BCUT2D eigenvalue weighted by Gasteiger charge is 2.10. The van der Waals surface area contributed by atoms with Gasteiger partial charge in [0.1, 0.15) is 5.01 Å². The van der Waals surface area contributed by atoms with E-state index in [0.29, 0.717) is 0 Å². The Morgan fingerprint density at radius 1 is 0.591 bits per heavy atom. The number of thiophene rings is 1. The molecule has 4 heterocycles. The van der Waals surface area contributed by atoms with Gasteiger partial charge in [-0.15, -0.1) is 22.7 Å². The van der Waals surface area contributed by atoms with E-state index in [-0.39, 0.29) is 0 Å². The molecule has 0 aliphatic carbocycles. The van der Waals surface area contributed by atoms with Crippen LogP contribution in [0.5, 0.6) is 0 Å². The molecule has 0 amide bonds. The topological polar surface area (TPSA) is 38.7 Å². The van der Waals surface area contributed by atoms with Crippen LogP contribution in [0.15, 0.2) is 67.4 Å². The third-order valence-electron chi connectivity index (χ3n) is 3.25. The van der Waals surface area contributed by atoms with Crippen LogP contribution in [0.25, 0.3) is 30.8 Å². The normalized spacial score (nSPS) is 10.7. The summed E-state index contributed by atoms with van der Waals surface area (Å²) in [4.78, 5) is 16.3. The largest absolute Gasteiger partial charge is 0.265 e. The summed E-state index contributed by atoms with van der Waals surface area (Å²) in [5.74, 6) is 0. The van der Waals surface area contributed by atoms with Gasteiger partial charge in [0.05, 0.1) is 9.75 Å². The lowest BCUT2D eigenvalue weighted by Crippen LogP contribution is -1.71. The minimum atomic E-state index is 1.05. The van der Waals surface area contributed by atoms with Crippen molar-refractivity contribution in [1.29, 1.82) is 0 Å². The van der Waals surface area contributed by atoms with Gasteiger partial charge >= 0.3 is 0 Å². The van der Waals surface area contributed by atoms with Crippen molar-refractivity contribution in [2.45, 2.75) is 0 Å². The molecule has 4 rings (SSSR count). The summed E-state index contributed by atoms with van der Waals surface area (Å²) in [5.41, 5.74) is 2.35. The van der Waals surface area contributed by atoms with Crippen molar-refractivity contribution in [3.8, 4) is 30.8 Å². The molecule has 0 saturated heterocycles. The second kappa shape index (κ2) is 5.79. The van der Waals surface area contributed by atoms with Crippen molar-refractivity contribution in [3.63, 3.8) is 0 Å². The maximum atomic E-state index is 4.57. The summed E-state index contributed by atoms with van der Waals surface area (Å²) in [6.45, 7) is 0. The lowest BCUT2D eigenvalue weighted by molar-refractivity contribution is 1.33. The van der Waals surface area contributed by atoms with Crippen molar-refractivity contribution >= 4 is 22.7 Å². The van der Waals surface area contributed by atoms with Crippen LogP contribution < -0.4 is 0 Å². The van der Waals surface area contributed by atoms with Crippen molar-refractivity contribution in [2.75, 3.05) is 0 Å². The van der Waals surface area contributed by atoms with Crippen molar-refractivity contribution in [3.05, 3.63) is 67.4 Å². The zero-order valence-electron chi connectivity index (χ0n) is 11.5. The van der Waals surface area contributed by atoms with Gasteiger partial charge < -0.3 is 0 Å². The van der Waals surface area contributed by atoms with Gasteiger partial charge in [-0.3, -0.25) is 9.97 Å². The molecule has 4 aromatic heterocycles. The molecule has 0 atom stereocenters. The predicted molar refractivity (Wildman–Crippen MR) is 91.9 cm³/mol. The molecule has 22 heavy (non-hydrogen) atoms. The standard InChI is InChI=1S/C17H11N3S2/c1-2-15(21-14(1)12-3-7-18-8-4-12)17-20-11-16(22-17)13-5-9-19-10-6-13/h1-11H. The molecule has 0 aliphatic rings. The van der Waals surface area contributed by atoms with Crippen LogP contribution >= 0.6 is 22.7 Å². The summed E-state index contributed by atoms with van der Waals surface area (Å²) in [6, 6.07) is 12.3. The van der Waals surface area contributed by atoms with E-state index in [4.69, 9.17) is 0 Å². The number of aromatic nitrogens is 3. The van der Waals surface area contributed by atoms with E-state index in [2.05, 4.69) is 27.1 Å². The number of pyridine rings is 2. The van der Waals surface area contributed by atoms with Crippen molar-refractivity contribution < 1.29 is 0 Å². The Hall–Kier alpha value is -2.37. The first-order valence-corrected chi connectivity index (χ1v) is 8.40. The van der Waals surface area contributed by atoms with E-state index in [1.165, 1.54) is 15.3 Å². The quantitative estimate of drug-likeness (QED) is 0.533. The van der Waals surface area contributed by atoms with Gasteiger partial charge in [-0.25, -0.2) is 4.98 Å². The molecule has 0 spiro atoms. The minimum absolute atomic E-state index is 1.05. The fraction of sp³-hybridized carbons (Fsp3) is 0. The van der Waals surface area contributed by atoms with Crippen LogP contribution in [0, 0.1) is 0 Å². The summed E-state index contributed by atoms with van der Waals surface area (Å²) in [7, 11) is 0. The van der Waals surface area contributed by atoms with E-state index in [9.17, 15) is 0 Å². The fourth-order valence-corrected chi connectivity index (χ4v) is 4.16. The Morgan fingerprint density at radius 3 is 1.86 bits per heavy atom. The Kier molecular flexibility index (Phi) is 3.50. The van der Waals surface area contributed by atoms with Gasteiger partial charge in [0.25, 0.3) is 0 Å². The molecule has 0 saturated carbocycles. The van der Waals surface area contributed by atoms with Gasteiger partial charge in [-0.1, -0.05) is 0 Å². The van der Waals surface area contributed by atoms with Gasteiger partial charge in [0.15, 0.2) is 0 Å². The van der Waals surface area contributed by atoms with Gasteiger partial charge in [-0.2, -0.15) is 0 Å². The molecule has 106 valence electrons. The van der Waals surface area contributed by atoms with E-state index < -0.39 is 0 Å². The van der Waals surface area contributed by atoms with Crippen molar-refractivity contribution in [1.82, 2.24) is 15.0 Å². The van der Waals surface area contributed by atoms with Crippen LogP contribution in [-0.4, -0.2) is 15.0 Å². The summed E-state index contributed by atoms with van der Waals surface area (Å²) < 4.78 is 0. The smallest absolute Gasteiger partial charge is 0.133 e. The molecule has 0 bridgehead atoms. The molecule has 3 nitrogen and oxygen atoms in total. The van der Waals surface area contributed by atoms with Gasteiger partial charge in [-0.05, 0) is 47.5 Å². The van der Waals surface area contributed by atoms with Crippen LogP contribution in [0.2, 0.25) is 0 Å². The zero-order chi connectivity index (χ0) is 14.8. The highest BCUT2D eigenvalue weighted by atomic mass is 32.1. The molecular formula is C17H11N3S2.